The van der Waals surface area contributed by atoms with E-state index in [0.717, 1.165) is 11.3 Å². The molecule has 0 radical (unpaired) electrons. The first kappa shape index (κ1) is 25.1. The molecule has 0 saturated carbocycles. The van der Waals surface area contributed by atoms with Crippen LogP contribution < -0.4 is 30.2 Å². The maximum absolute atomic E-state index is 12.9. The molecule has 0 bridgehead atoms. The molecule has 0 heterocycles. The number of carbonyl (C=O) groups is 1. The van der Waals surface area contributed by atoms with Crippen LogP contribution in [0.1, 0.15) is 15.9 Å². The number of alkyl halides is 3. The third-order valence-electron chi connectivity index (χ3n) is 4.11. The van der Waals surface area contributed by atoms with Crippen molar-refractivity contribution in [1.29, 1.82) is 0 Å². The molecule has 0 aliphatic heterocycles. The molecular weight excluding hydrogens is 485 g/mol. The van der Waals surface area contributed by atoms with Gasteiger partial charge in [-0.1, -0.05) is 52.5 Å². The van der Waals surface area contributed by atoms with Crippen LogP contribution in [0.25, 0.3) is 0 Å². The number of amides is 1. The van der Waals surface area contributed by atoms with Crippen LogP contribution in [0.3, 0.4) is 0 Å². The minimum atomic E-state index is -1.91. The lowest BCUT2D eigenvalue weighted by Gasteiger charge is -2.28. The Morgan fingerprint density at radius 1 is 0.968 bits per heavy atom. The first-order chi connectivity index (χ1) is 14.6. The van der Waals surface area contributed by atoms with E-state index in [4.69, 9.17) is 61.2 Å². The van der Waals surface area contributed by atoms with E-state index >= 15 is 0 Å². The van der Waals surface area contributed by atoms with E-state index < -0.39 is 15.9 Å². The minimum Gasteiger partial charge on any atom is -0.493 e. The molecule has 0 spiro atoms. The minimum absolute atomic E-state index is 0.158. The Bertz CT molecular complexity index is 911. The SMILES string of the molecule is COc1cc(C(=O)NC(NC(=S)Nc2ccc(C)cc2)C(Cl)(Cl)Cl)cc(OC)c1OC. The van der Waals surface area contributed by atoms with E-state index in [-0.39, 0.29) is 10.7 Å². The van der Waals surface area contributed by atoms with Gasteiger partial charge in [0.15, 0.2) is 16.6 Å². The lowest BCUT2D eigenvalue weighted by Crippen LogP contribution is -2.56. The lowest BCUT2D eigenvalue weighted by molar-refractivity contribution is 0.0933. The number of methoxy groups -OCH3 is 3. The van der Waals surface area contributed by atoms with E-state index in [1.54, 1.807) is 0 Å². The highest BCUT2D eigenvalue weighted by atomic mass is 35.6. The zero-order chi connectivity index (χ0) is 23.2. The number of hydrogen-bond acceptors (Lipinski definition) is 5. The standard InChI is InChI=1S/C20H22Cl3N3O4S/c1-11-5-7-13(8-6-11)24-19(31)26-18(20(21,22)23)25-17(27)12-9-14(28-2)16(30-4)15(10-12)29-3/h5-10,18H,1-4H3,(H,25,27)(H2,24,26,31). The van der Waals surface area contributed by atoms with Gasteiger partial charge in [-0.15, -0.1) is 0 Å². The van der Waals surface area contributed by atoms with E-state index in [1.165, 1.54) is 33.5 Å². The number of benzene rings is 2. The largest absolute Gasteiger partial charge is 0.493 e. The van der Waals surface area contributed by atoms with Crippen LogP contribution in [0.2, 0.25) is 0 Å². The Kier molecular flexibility index (Phi) is 8.88. The molecule has 1 amide bonds. The maximum atomic E-state index is 12.9. The molecule has 2 aromatic rings. The van der Waals surface area contributed by atoms with Gasteiger partial charge < -0.3 is 30.2 Å². The highest BCUT2D eigenvalue weighted by Gasteiger charge is 2.35. The fourth-order valence-electron chi connectivity index (χ4n) is 2.56. The Labute approximate surface area is 201 Å². The number of rotatable bonds is 7. The smallest absolute Gasteiger partial charge is 0.253 e. The van der Waals surface area contributed by atoms with Crippen LogP contribution in [0.15, 0.2) is 36.4 Å². The van der Waals surface area contributed by atoms with Gasteiger partial charge in [0.05, 0.1) is 21.3 Å². The number of ether oxygens (including phenoxy) is 3. The molecule has 1 atom stereocenters. The second-order valence-corrected chi connectivity index (χ2v) is 9.10. The number of thiocarbonyl (C=S) groups is 1. The second kappa shape index (κ2) is 10.9. The van der Waals surface area contributed by atoms with Gasteiger partial charge in [-0.3, -0.25) is 4.79 Å². The van der Waals surface area contributed by atoms with E-state index in [2.05, 4.69) is 16.0 Å². The molecule has 2 aromatic carbocycles. The van der Waals surface area contributed by atoms with Crippen molar-refractivity contribution in [3.05, 3.63) is 47.5 Å². The summed E-state index contributed by atoms with van der Waals surface area (Å²) in [7, 11) is 4.35. The zero-order valence-corrected chi connectivity index (χ0v) is 20.3. The predicted molar refractivity (Wildman–Crippen MR) is 128 cm³/mol. The highest BCUT2D eigenvalue weighted by Crippen LogP contribution is 2.38. The average Bonchev–Trinajstić information content (AvgIpc) is 2.72. The molecule has 0 aromatic heterocycles. The van der Waals surface area contributed by atoms with Gasteiger partial charge in [0.25, 0.3) is 5.91 Å². The fraction of sp³-hybridized carbons (Fsp3) is 0.300. The Balaban J connectivity index is 2.19. The quantitative estimate of drug-likeness (QED) is 0.291. The molecule has 11 heteroatoms. The van der Waals surface area contributed by atoms with Gasteiger partial charge in [-0.25, -0.2) is 0 Å². The summed E-state index contributed by atoms with van der Waals surface area (Å²) < 4.78 is 13.9. The molecule has 168 valence electrons. The van der Waals surface area contributed by atoms with Gasteiger partial charge in [0.1, 0.15) is 6.17 Å². The van der Waals surface area contributed by atoms with Crippen LogP contribution in [0.4, 0.5) is 5.69 Å². The summed E-state index contributed by atoms with van der Waals surface area (Å²) >= 11 is 23.5. The molecule has 0 aliphatic carbocycles. The predicted octanol–water partition coefficient (Wildman–Crippen LogP) is 4.43. The van der Waals surface area contributed by atoms with Crippen molar-refractivity contribution in [2.45, 2.75) is 16.9 Å². The van der Waals surface area contributed by atoms with Crippen LogP contribution >= 0.6 is 47.0 Å². The molecule has 0 saturated heterocycles. The number of hydrogen-bond donors (Lipinski definition) is 3. The van der Waals surface area contributed by atoms with Gasteiger partial charge in [-0.05, 0) is 43.4 Å². The van der Waals surface area contributed by atoms with Crippen LogP contribution in [-0.2, 0) is 0 Å². The highest BCUT2D eigenvalue weighted by molar-refractivity contribution is 7.80. The molecule has 2 rings (SSSR count). The maximum Gasteiger partial charge on any atom is 0.253 e. The first-order valence-corrected chi connectivity index (χ1v) is 10.4. The molecule has 0 fully saturated rings. The fourth-order valence-corrected chi connectivity index (χ4v) is 3.12. The normalized spacial score (nSPS) is 11.8. The topological polar surface area (TPSA) is 80.9 Å². The van der Waals surface area contributed by atoms with Crippen molar-refractivity contribution in [3.63, 3.8) is 0 Å². The summed E-state index contributed by atoms with van der Waals surface area (Å²) in [5.41, 5.74) is 2.04. The van der Waals surface area contributed by atoms with Crippen LogP contribution in [0.5, 0.6) is 17.2 Å². The number of halogens is 3. The van der Waals surface area contributed by atoms with Gasteiger partial charge in [0, 0.05) is 11.3 Å². The van der Waals surface area contributed by atoms with Crippen LogP contribution in [0, 0.1) is 6.92 Å². The third kappa shape index (κ3) is 6.93. The molecular formula is C20H22Cl3N3O4S. The molecule has 7 nitrogen and oxygen atoms in total. The molecule has 31 heavy (non-hydrogen) atoms. The van der Waals surface area contributed by atoms with E-state index in [0.29, 0.717) is 17.2 Å². The van der Waals surface area contributed by atoms with E-state index in [1.807, 2.05) is 31.2 Å². The number of aryl methyl sites for hydroxylation is 1. The average molecular weight is 507 g/mol. The summed E-state index contributed by atoms with van der Waals surface area (Å²) in [5.74, 6) is 0.409. The summed E-state index contributed by atoms with van der Waals surface area (Å²) in [5, 5.41) is 8.55. The molecule has 0 aliphatic rings. The van der Waals surface area contributed by atoms with Crippen molar-refractivity contribution in [2.75, 3.05) is 26.6 Å². The first-order valence-electron chi connectivity index (χ1n) is 8.90. The van der Waals surface area contributed by atoms with Crippen molar-refractivity contribution < 1.29 is 19.0 Å². The molecule has 3 N–H and O–H groups in total. The second-order valence-electron chi connectivity index (χ2n) is 6.33. The Hall–Kier alpha value is -2.13. The van der Waals surface area contributed by atoms with Crippen molar-refractivity contribution in [3.8, 4) is 17.2 Å². The van der Waals surface area contributed by atoms with Crippen molar-refractivity contribution >= 4 is 63.7 Å². The third-order valence-corrected chi connectivity index (χ3v) is 4.99. The van der Waals surface area contributed by atoms with Crippen molar-refractivity contribution in [1.82, 2.24) is 10.6 Å². The summed E-state index contributed by atoms with van der Waals surface area (Å²) in [6.07, 6.45) is -1.14. The number of nitrogens with one attached hydrogen (secondary N) is 3. The summed E-state index contributed by atoms with van der Waals surface area (Å²) in [4.78, 5) is 12.9. The number of carbonyl (C=O) groups excluding carboxylic acids is 1. The lowest BCUT2D eigenvalue weighted by atomic mass is 10.1. The van der Waals surface area contributed by atoms with E-state index in [9.17, 15) is 4.79 Å². The zero-order valence-electron chi connectivity index (χ0n) is 17.2. The van der Waals surface area contributed by atoms with Gasteiger partial charge in [-0.2, -0.15) is 0 Å². The molecule has 1 unspecified atom stereocenters. The number of anilines is 1. The van der Waals surface area contributed by atoms with Crippen molar-refractivity contribution in [2.24, 2.45) is 0 Å². The Morgan fingerprint density at radius 2 is 1.52 bits per heavy atom. The van der Waals surface area contributed by atoms with Gasteiger partial charge >= 0.3 is 0 Å². The monoisotopic (exact) mass is 505 g/mol. The summed E-state index contributed by atoms with van der Waals surface area (Å²) in [6.45, 7) is 1.97. The van der Waals surface area contributed by atoms with Gasteiger partial charge in [0.2, 0.25) is 9.54 Å². The van der Waals surface area contributed by atoms with Crippen LogP contribution in [-0.4, -0.2) is 42.3 Å². The summed E-state index contributed by atoms with van der Waals surface area (Å²) in [6, 6.07) is 10.5. The Morgan fingerprint density at radius 3 is 1.97 bits per heavy atom.